The molecule has 9 nitrogen and oxygen atoms in total. The average Bonchev–Trinajstić information content (AvgIpc) is 3.64. The van der Waals surface area contributed by atoms with Crippen molar-refractivity contribution in [1.29, 1.82) is 0 Å². The number of rotatable bonds is 5. The van der Waals surface area contributed by atoms with Crippen molar-refractivity contribution in [1.82, 2.24) is 14.9 Å². The van der Waals surface area contributed by atoms with Crippen LogP contribution in [-0.4, -0.2) is 49.5 Å². The Morgan fingerprint density at radius 3 is 2.44 bits per heavy atom. The van der Waals surface area contributed by atoms with Crippen molar-refractivity contribution in [3.05, 3.63) is 84.3 Å². The molecule has 2 aromatic heterocycles. The Morgan fingerprint density at radius 1 is 0.974 bits per heavy atom. The number of pyridine rings is 2. The minimum absolute atomic E-state index is 0.0393. The lowest BCUT2D eigenvalue weighted by molar-refractivity contribution is -0.146. The van der Waals surface area contributed by atoms with Crippen LogP contribution in [0.1, 0.15) is 24.1 Å². The Kier molecular flexibility index (Phi) is 5.25. The standard InChI is InChI=1S/C29H26N6O3S/c30-29(11-12-29)27(37)34-16-28(17-34)21-7-3-4-8-23(21)35(26(28)36)15-22-25(19-9-10-24(33-14-19)39(31)38)20-6-2-1-5-18(20)13-32-22/h1-10,13-14H,11-12,15-17,30-31H2. The molecule has 4 aromatic rings. The van der Waals surface area contributed by atoms with Gasteiger partial charge in [-0.3, -0.25) is 14.6 Å². The SMILES string of the molecule is NS(=O)c1ccc(-c2c(CN3C(=O)C4(CN(C(=O)C5(N)CC5)C4)c4ccccc43)ncc3ccccc23)cn1. The average molecular weight is 539 g/mol. The van der Waals surface area contributed by atoms with Gasteiger partial charge in [0.25, 0.3) is 0 Å². The number of benzene rings is 2. The lowest BCUT2D eigenvalue weighted by Crippen LogP contribution is -2.67. The topological polar surface area (TPSA) is 136 Å². The molecule has 2 aromatic carbocycles. The number of hydrogen-bond donors (Lipinski definition) is 2. The van der Waals surface area contributed by atoms with E-state index < -0.39 is 21.9 Å². The summed E-state index contributed by atoms with van der Waals surface area (Å²) in [5.74, 6) is -0.104. The van der Waals surface area contributed by atoms with E-state index in [9.17, 15) is 13.8 Å². The number of likely N-dealkylation sites (tertiary alicyclic amines) is 1. The Bertz CT molecular complexity index is 1700. The van der Waals surface area contributed by atoms with Gasteiger partial charge in [0.15, 0.2) is 0 Å². The lowest BCUT2D eigenvalue weighted by atomic mass is 9.74. The van der Waals surface area contributed by atoms with Crippen LogP contribution in [0.25, 0.3) is 21.9 Å². The number of carbonyl (C=O) groups excluding carboxylic acids is 2. The Balaban J connectivity index is 1.28. The molecule has 1 saturated carbocycles. The second-order valence-electron chi connectivity index (χ2n) is 10.7. The second kappa shape index (κ2) is 8.51. The highest BCUT2D eigenvalue weighted by Crippen LogP contribution is 2.49. The van der Waals surface area contributed by atoms with Crippen LogP contribution in [0.2, 0.25) is 0 Å². The van der Waals surface area contributed by atoms with E-state index in [1.54, 1.807) is 22.1 Å². The van der Waals surface area contributed by atoms with Gasteiger partial charge in [-0.2, -0.15) is 0 Å². The highest BCUT2D eigenvalue weighted by molar-refractivity contribution is 7.82. The maximum absolute atomic E-state index is 14.1. The van der Waals surface area contributed by atoms with Gasteiger partial charge in [0.2, 0.25) is 11.8 Å². The molecule has 1 aliphatic carbocycles. The molecule has 39 heavy (non-hydrogen) atoms. The normalized spacial score (nSPS) is 19.2. The van der Waals surface area contributed by atoms with Crippen LogP contribution in [0, 0.1) is 0 Å². The predicted octanol–water partition coefficient (Wildman–Crippen LogP) is 2.40. The third-order valence-corrected chi connectivity index (χ3v) is 8.86. The molecule has 0 radical (unpaired) electrons. The first-order chi connectivity index (χ1) is 18.8. The lowest BCUT2D eigenvalue weighted by Gasteiger charge is -2.47. The molecule has 4 heterocycles. The molecule has 10 heteroatoms. The Morgan fingerprint density at radius 2 is 1.72 bits per heavy atom. The number of amides is 2. The Hall–Kier alpha value is -3.99. The second-order valence-corrected chi connectivity index (χ2v) is 11.7. The first kappa shape index (κ1) is 24.1. The molecule has 2 aliphatic heterocycles. The number of carbonyl (C=O) groups is 2. The molecule has 1 atom stereocenters. The monoisotopic (exact) mass is 538 g/mol. The Labute approximate surface area is 227 Å². The third-order valence-electron chi connectivity index (χ3n) is 8.21. The van der Waals surface area contributed by atoms with Crippen molar-refractivity contribution >= 4 is 39.3 Å². The largest absolute Gasteiger partial charge is 0.338 e. The van der Waals surface area contributed by atoms with Gasteiger partial charge in [0.05, 0.1) is 17.8 Å². The van der Waals surface area contributed by atoms with E-state index in [0.717, 1.165) is 33.2 Å². The van der Waals surface area contributed by atoms with Gasteiger partial charge in [0, 0.05) is 47.7 Å². The van der Waals surface area contributed by atoms with Crippen LogP contribution in [0.5, 0.6) is 0 Å². The number of aromatic nitrogens is 2. The fourth-order valence-electron chi connectivity index (χ4n) is 5.92. The first-order valence-electron chi connectivity index (χ1n) is 12.8. The third kappa shape index (κ3) is 3.63. The van der Waals surface area contributed by atoms with Gasteiger partial charge in [-0.1, -0.05) is 42.5 Å². The summed E-state index contributed by atoms with van der Waals surface area (Å²) in [4.78, 5) is 39.6. The van der Waals surface area contributed by atoms with E-state index in [1.807, 2.05) is 60.8 Å². The summed E-state index contributed by atoms with van der Waals surface area (Å²) in [5, 5.41) is 7.73. The van der Waals surface area contributed by atoms with E-state index in [1.165, 1.54) is 0 Å². The fourth-order valence-corrected chi connectivity index (χ4v) is 6.27. The van der Waals surface area contributed by atoms with Gasteiger partial charge >= 0.3 is 0 Å². The fraction of sp³-hybridized carbons (Fsp3) is 0.241. The van der Waals surface area contributed by atoms with Crippen molar-refractivity contribution in [2.24, 2.45) is 10.9 Å². The van der Waals surface area contributed by atoms with E-state index in [4.69, 9.17) is 15.9 Å². The molecule has 0 bridgehead atoms. The quantitative estimate of drug-likeness (QED) is 0.401. The van der Waals surface area contributed by atoms with Gasteiger partial charge in [0.1, 0.15) is 21.4 Å². The maximum atomic E-state index is 14.1. The molecule has 4 N–H and O–H groups in total. The summed E-state index contributed by atoms with van der Waals surface area (Å²) in [6.07, 6.45) is 4.84. The zero-order valence-electron chi connectivity index (χ0n) is 21.0. The van der Waals surface area contributed by atoms with E-state index >= 15 is 0 Å². The highest BCUT2D eigenvalue weighted by Gasteiger charge is 2.62. The summed E-state index contributed by atoms with van der Waals surface area (Å²) in [5.41, 5.74) is 8.75. The van der Waals surface area contributed by atoms with Crippen molar-refractivity contribution < 1.29 is 13.8 Å². The summed E-state index contributed by atoms with van der Waals surface area (Å²) in [7, 11) is -1.69. The molecular formula is C29H26N6O3S. The van der Waals surface area contributed by atoms with E-state index in [2.05, 4.69) is 4.98 Å². The van der Waals surface area contributed by atoms with Crippen LogP contribution in [0.15, 0.2) is 78.1 Å². The molecule has 1 spiro atoms. The molecule has 3 aliphatic rings. The molecule has 7 rings (SSSR count). The molecule has 1 unspecified atom stereocenters. The number of anilines is 1. The van der Waals surface area contributed by atoms with Crippen molar-refractivity contribution in [3.63, 3.8) is 0 Å². The highest BCUT2D eigenvalue weighted by atomic mass is 32.2. The summed E-state index contributed by atoms with van der Waals surface area (Å²) >= 11 is 0. The zero-order valence-corrected chi connectivity index (χ0v) is 21.9. The van der Waals surface area contributed by atoms with Crippen LogP contribution < -0.4 is 15.8 Å². The van der Waals surface area contributed by atoms with Crippen LogP contribution in [-0.2, 0) is 32.5 Å². The van der Waals surface area contributed by atoms with Gasteiger partial charge in [-0.25, -0.2) is 14.3 Å². The molecule has 1 saturated heterocycles. The van der Waals surface area contributed by atoms with Crippen molar-refractivity contribution in [2.75, 3.05) is 18.0 Å². The number of fused-ring (bicyclic) bond motifs is 3. The zero-order chi connectivity index (χ0) is 26.9. The molecular weight excluding hydrogens is 512 g/mol. The number of para-hydroxylation sites is 1. The van der Waals surface area contributed by atoms with E-state index in [-0.39, 0.29) is 23.4 Å². The number of hydrogen-bond acceptors (Lipinski definition) is 6. The van der Waals surface area contributed by atoms with E-state index in [0.29, 0.717) is 31.6 Å². The minimum Gasteiger partial charge on any atom is -0.338 e. The maximum Gasteiger partial charge on any atom is 0.242 e. The van der Waals surface area contributed by atoms with Gasteiger partial charge < -0.3 is 15.5 Å². The minimum atomic E-state index is -1.69. The first-order valence-corrected chi connectivity index (χ1v) is 14.0. The van der Waals surface area contributed by atoms with Crippen molar-refractivity contribution in [2.45, 2.75) is 35.4 Å². The van der Waals surface area contributed by atoms with Gasteiger partial charge in [-0.05, 0) is 42.0 Å². The molecule has 2 fully saturated rings. The molecule has 196 valence electrons. The smallest absolute Gasteiger partial charge is 0.242 e. The number of nitrogens with zero attached hydrogens (tertiary/aromatic N) is 4. The summed E-state index contributed by atoms with van der Waals surface area (Å²) in [6, 6.07) is 19.2. The molecule has 2 amide bonds. The summed E-state index contributed by atoms with van der Waals surface area (Å²) in [6.45, 7) is 0.907. The van der Waals surface area contributed by atoms with Crippen LogP contribution >= 0.6 is 0 Å². The predicted molar refractivity (Wildman–Crippen MR) is 148 cm³/mol. The van der Waals surface area contributed by atoms with Crippen molar-refractivity contribution in [3.8, 4) is 11.1 Å². The van der Waals surface area contributed by atoms with Crippen LogP contribution in [0.3, 0.4) is 0 Å². The van der Waals surface area contributed by atoms with Crippen LogP contribution in [0.4, 0.5) is 5.69 Å². The summed E-state index contributed by atoms with van der Waals surface area (Å²) < 4.78 is 11.7. The number of nitrogens with two attached hydrogens (primary N) is 2. The van der Waals surface area contributed by atoms with Gasteiger partial charge in [-0.15, -0.1) is 0 Å².